The summed E-state index contributed by atoms with van der Waals surface area (Å²) in [6, 6.07) is 0. The Morgan fingerprint density at radius 3 is 2.90 bits per heavy atom. The second-order valence-electron chi connectivity index (χ2n) is 4.95. The van der Waals surface area contributed by atoms with Gasteiger partial charge in [-0.1, -0.05) is 0 Å². The smallest absolute Gasteiger partial charge is 0.149 e. The van der Waals surface area contributed by atoms with Crippen molar-refractivity contribution >= 4 is 45.5 Å². The first-order valence-electron chi connectivity index (χ1n) is 6.95. The third kappa shape index (κ3) is 3.68. The van der Waals surface area contributed by atoms with Crippen molar-refractivity contribution in [2.24, 2.45) is 0 Å². The van der Waals surface area contributed by atoms with Gasteiger partial charge in [0.1, 0.15) is 15.8 Å². The highest BCUT2D eigenvalue weighted by Gasteiger charge is 2.17. The van der Waals surface area contributed by atoms with Crippen LogP contribution in [-0.4, -0.2) is 51.9 Å². The van der Waals surface area contributed by atoms with Crippen molar-refractivity contribution in [1.29, 1.82) is 0 Å². The fourth-order valence-corrected chi connectivity index (χ4v) is 4.89. The lowest BCUT2D eigenvalue weighted by atomic mass is 10.3. The maximum Gasteiger partial charge on any atom is 0.149 e. The fraction of sp³-hybridized carbons (Fsp3) is 0.538. The number of nitrogens with zero attached hydrogens (tertiary/aromatic N) is 3. The quantitative estimate of drug-likeness (QED) is 0.871. The van der Waals surface area contributed by atoms with Gasteiger partial charge < -0.3 is 11.1 Å². The van der Waals surface area contributed by atoms with Gasteiger partial charge >= 0.3 is 0 Å². The van der Waals surface area contributed by atoms with Crippen LogP contribution in [0, 0.1) is 6.92 Å². The highest BCUT2D eigenvalue weighted by Crippen LogP contribution is 2.38. The van der Waals surface area contributed by atoms with Crippen LogP contribution in [0.3, 0.4) is 0 Å². The maximum atomic E-state index is 6.01. The first-order chi connectivity index (χ1) is 10.2. The number of thiazole rings is 1. The number of nitrogen functional groups attached to an aromatic ring is 1. The molecule has 3 N–H and O–H groups in total. The zero-order valence-electron chi connectivity index (χ0n) is 12.0. The first-order valence-corrected chi connectivity index (χ1v) is 9.76. The Hall–Kier alpha value is -0.830. The van der Waals surface area contributed by atoms with E-state index in [0.717, 1.165) is 34.4 Å². The molecule has 3 heterocycles. The monoisotopic (exact) mass is 341 g/mol. The average Bonchev–Trinajstić information content (AvgIpc) is 3.06. The lowest BCUT2D eigenvalue weighted by Gasteiger charge is -2.26. The van der Waals surface area contributed by atoms with Gasteiger partial charge in [0.15, 0.2) is 0 Å². The van der Waals surface area contributed by atoms with E-state index >= 15 is 0 Å². The van der Waals surface area contributed by atoms with E-state index in [0.29, 0.717) is 5.82 Å². The van der Waals surface area contributed by atoms with Crippen LogP contribution >= 0.6 is 34.6 Å². The van der Waals surface area contributed by atoms with E-state index in [9.17, 15) is 0 Å². The van der Waals surface area contributed by atoms with E-state index in [4.69, 9.17) is 5.73 Å². The third-order valence-corrected chi connectivity index (χ3v) is 6.11. The van der Waals surface area contributed by atoms with Crippen molar-refractivity contribution in [3.8, 4) is 10.6 Å². The summed E-state index contributed by atoms with van der Waals surface area (Å²) in [5.41, 5.74) is 8.00. The molecule has 21 heavy (non-hydrogen) atoms. The summed E-state index contributed by atoms with van der Waals surface area (Å²) in [4.78, 5) is 7.03. The molecule has 2 aromatic heterocycles. The molecule has 0 atom stereocenters. The summed E-state index contributed by atoms with van der Waals surface area (Å²) >= 11 is 5.08. The average molecular weight is 342 g/mol. The maximum absolute atomic E-state index is 6.01. The second-order valence-corrected chi connectivity index (χ2v) is 7.80. The zero-order chi connectivity index (χ0) is 14.7. The Kier molecular flexibility index (Phi) is 4.99. The second kappa shape index (κ2) is 6.95. The summed E-state index contributed by atoms with van der Waals surface area (Å²) in [6.45, 7) is 6.36. The highest BCUT2D eigenvalue weighted by molar-refractivity contribution is 7.99. The Morgan fingerprint density at radius 2 is 2.19 bits per heavy atom. The molecule has 0 bridgehead atoms. The molecule has 1 saturated heterocycles. The van der Waals surface area contributed by atoms with E-state index in [2.05, 4.69) is 19.6 Å². The highest BCUT2D eigenvalue weighted by atomic mass is 32.2. The Balaban J connectivity index is 1.63. The van der Waals surface area contributed by atoms with Crippen LogP contribution in [0.25, 0.3) is 10.6 Å². The minimum absolute atomic E-state index is 0.575. The van der Waals surface area contributed by atoms with Gasteiger partial charge in [-0.25, -0.2) is 4.98 Å². The van der Waals surface area contributed by atoms with Gasteiger partial charge in [0.2, 0.25) is 0 Å². The standard InChI is InChI=1S/C13H19N5S3/c1-9-8-20-13(16-9)10-11(14)17-21-12(10)15-2-3-18-4-6-19-7-5-18/h8,15H,2-7H2,1H3,(H2,14,17). The molecule has 0 aliphatic carbocycles. The number of rotatable bonds is 5. The van der Waals surface area contributed by atoms with Gasteiger partial charge in [-0.05, 0) is 18.5 Å². The van der Waals surface area contributed by atoms with Crippen molar-refractivity contribution in [2.75, 3.05) is 48.7 Å². The number of aryl methyl sites for hydroxylation is 1. The van der Waals surface area contributed by atoms with Crippen LogP contribution in [0.15, 0.2) is 5.38 Å². The molecule has 0 radical (unpaired) electrons. The van der Waals surface area contributed by atoms with E-state index in [1.54, 1.807) is 11.3 Å². The van der Waals surface area contributed by atoms with Crippen LogP contribution in [0.5, 0.6) is 0 Å². The molecule has 3 rings (SSSR count). The minimum atomic E-state index is 0.575. The van der Waals surface area contributed by atoms with Crippen LogP contribution in [0.4, 0.5) is 10.8 Å². The molecule has 0 spiro atoms. The van der Waals surface area contributed by atoms with E-state index in [1.165, 1.54) is 36.1 Å². The Labute approximate surface area is 137 Å². The van der Waals surface area contributed by atoms with Gasteiger partial charge in [-0.3, -0.25) is 4.90 Å². The molecule has 8 heteroatoms. The molecule has 0 amide bonds. The number of hydrogen-bond donors (Lipinski definition) is 2. The molecular weight excluding hydrogens is 322 g/mol. The predicted octanol–water partition coefficient (Wildman–Crippen LogP) is 2.62. The number of anilines is 2. The molecule has 5 nitrogen and oxygen atoms in total. The topological polar surface area (TPSA) is 67.1 Å². The van der Waals surface area contributed by atoms with Crippen LogP contribution in [0.1, 0.15) is 5.69 Å². The third-order valence-electron chi connectivity index (χ3n) is 3.37. The summed E-state index contributed by atoms with van der Waals surface area (Å²) in [5.74, 6) is 3.07. The number of nitrogens with one attached hydrogen (secondary N) is 1. The predicted molar refractivity (Wildman–Crippen MR) is 94.6 cm³/mol. The van der Waals surface area contributed by atoms with Crippen molar-refractivity contribution in [3.63, 3.8) is 0 Å². The number of nitrogens with two attached hydrogens (primary N) is 1. The van der Waals surface area contributed by atoms with E-state index in [-0.39, 0.29) is 0 Å². The summed E-state index contributed by atoms with van der Waals surface area (Å²) in [7, 11) is 0. The number of hydrogen-bond acceptors (Lipinski definition) is 8. The van der Waals surface area contributed by atoms with Crippen LogP contribution in [0.2, 0.25) is 0 Å². The van der Waals surface area contributed by atoms with Gasteiger partial charge in [0.25, 0.3) is 0 Å². The van der Waals surface area contributed by atoms with Gasteiger partial charge in [0.05, 0.1) is 5.56 Å². The van der Waals surface area contributed by atoms with Crippen molar-refractivity contribution in [1.82, 2.24) is 14.3 Å². The van der Waals surface area contributed by atoms with E-state index < -0.39 is 0 Å². The molecule has 0 saturated carbocycles. The number of aromatic nitrogens is 2. The molecule has 1 aliphatic heterocycles. The van der Waals surface area contributed by atoms with Crippen molar-refractivity contribution in [3.05, 3.63) is 11.1 Å². The molecule has 1 fully saturated rings. The molecule has 1 aliphatic rings. The molecule has 2 aromatic rings. The van der Waals surface area contributed by atoms with Crippen molar-refractivity contribution in [2.45, 2.75) is 6.92 Å². The number of thioether (sulfide) groups is 1. The van der Waals surface area contributed by atoms with Crippen LogP contribution in [-0.2, 0) is 0 Å². The van der Waals surface area contributed by atoms with Crippen molar-refractivity contribution < 1.29 is 0 Å². The zero-order valence-corrected chi connectivity index (χ0v) is 14.4. The first kappa shape index (κ1) is 15.1. The fourth-order valence-electron chi connectivity index (χ4n) is 2.25. The van der Waals surface area contributed by atoms with E-state index in [1.807, 2.05) is 24.1 Å². The lowest BCUT2D eigenvalue weighted by molar-refractivity contribution is 0.314. The molecule has 0 unspecified atom stereocenters. The molecular formula is C13H19N5S3. The Bertz CT molecular complexity index is 588. The molecule has 114 valence electrons. The van der Waals surface area contributed by atoms with Crippen LogP contribution < -0.4 is 11.1 Å². The normalized spacial score (nSPS) is 16.2. The summed E-state index contributed by atoms with van der Waals surface area (Å²) < 4.78 is 4.27. The largest absolute Gasteiger partial charge is 0.382 e. The SMILES string of the molecule is Cc1csc(-c2c(N)nsc2NCCN2CCSCC2)n1. The Morgan fingerprint density at radius 1 is 1.38 bits per heavy atom. The summed E-state index contributed by atoms with van der Waals surface area (Å²) in [6.07, 6.45) is 0. The van der Waals surface area contributed by atoms with Gasteiger partial charge in [0, 0.05) is 48.8 Å². The summed E-state index contributed by atoms with van der Waals surface area (Å²) in [5, 5.41) is 7.52. The van der Waals surface area contributed by atoms with Gasteiger partial charge in [-0.2, -0.15) is 16.1 Å². The molecule has 0 aromatic carbocycles. The van der Waals surface area contributed by atoms with Gasteiger partial charge in [-0.15, -0.1) is 11.3 Å². The lowest BCUT2D eigenvalue weighted by Crippen LogP contribution is -2.36. The minimum Gasteiger partial charge on any atom is -0.382 e.